The molecule has 1 unspecified atom stereocenters. The van der Waals surface area contributed by atoms with Crippen LogP contribution in [-0.4, -0.2) is 13.2 Å². The van der Waals surface area contributed by atoms with Crippen molar-refractivity contribution in [3.63, 3.8) is 0 Å². The molecule has 0 spiro atoms. The number of hydrogen-bond donors (Lipinski definition) is 0. The fraction of sp³-hybridized carbons (Fsp3) is 0.957. The van der Waals surface area contributed by atoms with Crippen LogP contribution in [0.2, 0.25) is 0 Å². The van der Waals surface area contributed by atoms with Gasteiger partial charge in [-0.15, -0.1) is 0 Å². The first-order valence-corrected chi connectivity index (χ1v) is 11.2. The Kier molecular flexibility index (Phi) is 21.0. The molecule has 0 aliphatic carbocycles. The van der Waals surface area contributed by atoms with Crippen molar-refractivity contribution >= 4 is 0 Å². The summed E-state index contributed by atoms with van der Waals surface area (Å²) < 4.78 is 5.17. The molecule has 0 fully saturated rings. The van der Waals surface area contributed by atoms with E-state index < -0.39 is 0 Å². The van der Waals surface area contributed by atoms with Crippen LogP contribution in [0.25, 0.3) is 0 Å². The van der Waals surface area contributed by atoms with E-state index in [1.54, 1.807) is 7.11 Å². The quantitative estimate of drug-likeness (QED) is 0.203. The summed E-state index contributed by atoms with van der Waals surface area (Å²) >= 11 is 0. The zero-order valence-electron chi connectivity index (χ0n) is 17.1. The maximum atomic E-state index is 5.17. The topological polar surface area (TPSA) is 9.23 Å². The van der Waals surface area contributed by atoms with Gasteiger partial charge in [-0.05, 0) is 13.3 Å². The average Bonchev–Trinajstić information content (AvgIpc) is 2.60. The van der Waals surface area contributed by atoms with Crippen LogP contribution in [0.4, 0.5) is 0 Å². The Morgan fingerprint density at radius 3 is 1.12 bits per heavy atom. The van der Waals surface area contributed by atoms with Gasteiger partial charge < -0.3 is 4.74 Å². The standard InChI is InChI=1S/C23H47O/c1-4-5-6-7-8-9-10-11-12-13-14-15-16-17-18-19-20-21-22-23(2)24-3/h23H,2,4-22H2,1,3H3. The Morgan fingerprint density at radius 1 is 0.542 bits per heavy atom. The molecule has 0 bridgehead atoms. The molecule has 0 aliphatic heterocycles. The van der Waals surface area contributed by atoms with Gasteiger partial charge in [0, 0.05) is 7.11 Å². The normalized spacial score (nSPS) is 12.6. The second-order valence-electron chi connectivity index (χ2n) is 7.66. The van der Waals surface area contributed by atoms with E-state index >= 15 is 0 Å². The molecule has 0 aromatic rings. The molecule has 0 aromatic heterocycles. The third kappa shape index (κ3) is 20.0. The molecule has 1 atom stereocenters. The van der Waals surface area contributed by atoms with Crippen molar-refractivity contribution in [2.45, 2.75) is 135 Å². The lowest BCUT2D eigenvalue weighted by Crippen LogP contribution is -2.04. The molecular formula is C23H47O. The lowest BCUT2D eigenvalue weighted by atomic mass is 10.0. The van der Waals surface area contributed by atoms with Crippen molar-refractivity contribution in [1.82, 2.24) is 0 Å². The van der Waals surface area contributed by atoms with E-state index in [0.717, 1.165) is 6.42 Å². The zero-order valence-corrected chi connectivity index (χ0v) is 17.1. The number of unbranched alkanes of at least 4 members (excludes halogenated alkanes) is 17. The van der Waals surface area contributed by atoms with Crippen molar-refractivity contribution in [1.29, 1.82) is 0 Å². The molecule has 24 heavy (non-hydrogen) atoms. The smallest absolute Gasteiger partial charge is 0.0572 e. The predicted octanol–water partition coefficient (Wildman–Crippen LogP) is 8.27. The van der Waals surface area contributed by atoms with Crippen molar-refractivity contribution in [3.8, 4) is 0 Å². The van der Waals surface area contributed by atoms with E-state index in [1.165, 1.54) is 116 Å². The summed E-state index contributed by atoms with van der Waals surface area (Å²) in [5.74, 6) is 0. The van der Waals surface area contributed by atoms with Gasteiger partial charge in [0.05, 0.1) is 6.10 Å². The van der Waals surface area contributed by atoms with Gasteiger partial charge >= 0.3 is 0 Å². The van der Waals surface area contributed by atoms with Gasteiger partial charge in [-0.1, -0.05) is 122 Å². The van der Waals surface area contributed by atoms with Crippen LogP contribution in [0.5, 0.6) is 0 Å². The molecule has 0 aliphatic rings. The van der Waals surface area contributed by atoms with E-state index in [9.17, 15) is 0 Å². The van der Waals surface area contributed by atoms with Gasteiger partial charge in [-0.2, -0.15) is 0 Å². The summed E-state index contributed by atoms with van der Waals surface area (Å²) in [4.78, 5) is 0. The first-order valence-electron chi connectivity index (χ1n) is 11.2. The fourth-order valence-electron chi connectivity index (χ4n) is 3.39. The molecule has 1 nitrogen and oxygen atoms in total. The third-order valence-corrected chi connectivity index (χ3v) is 5.21. The van der Waals surface area contributed by atoms with E-state index in [2.05, 4.69) is 13.8 Å². The largest absolute Gasteiger partial charge is 0.381 e. The Hall–Kier alpha value is -0.0400. The van der Waals surface area contributed by atoms with Gasteiger partial charge in [0.15, 0.2) is 0 Å². The van der Waals surface area contributed by atoms with Gasteiger partial charge in [0.1, 0.15) is 0 Å². The Bertz CT molecular complexity index is 214. The van der Waals surface area contributed by atoms with E-state index in [-0.39, 0.29) is 6.10 Å². The molecule has 0 N–H and O–H groups in total. The average molecular weight is 340 g/mol. The third-order valence-electron chi connectivity index (χ3n) is 5.21. The van der Waals surface area contributed by atoms with Crippen LogP contribution >= 0.6 is 0 Å². The van der Waals surface area contributed by atoms with E-state index in [1.807, 2.05) is 0 Å². The lowest BCUT2D eigenvalue weighted by molar-refractivity contribution is 0.128. The monoisotopic (exact) mass is 339 g/mol. The number of methoxy groups -OCH3 is 1. The highest BCUT2D eigenvalue weighted by molar-refractivity contribution is 4.59. The highest BCUT2D eigenvalue weighted by atomic mass is 16.5. The Morgan fingerprint density at radius 2 is 0.833 bits per heavy atom. The van der Waals surface area contributed by atoms with Crippen molar-refractivity contribution in [2.24, 2.45) is 0 Å². The van der Waals surface area contributed by atoms with Crippen LogP contribution < -0.4 is 0 Å². The molecule has 0 saturated carbocycles. The minimum absolute atomic E-state index is 0.200. The number of ether oxygens (including phenoxy) is 1. The van der Waals surface area contributed by atoms with Crippen LogP contribution in [0.3, 0.4) is 0 Å². The van der Waals surface area contributed by atoms with Crippen molar-refractivity contribution in [3.05, 3.63) is 6.92 Å². The summed E-state index contributed by atoms with van der Waals surface area (Å²) in [6.45, 7) is 6.24. The molecule has 1 radical (unpaired) electrons. The van der Waals surface area contributed by atoms with Crippen LogP contribution in [0, 0.1) is 6.92 Å². The SMILES string of the molecule is [CH2]C(CCCCCCCCCCCCCCCCCCCC)OC. The van der Waals surface area contributed by atoms with Gasteiger partial charge in [0.25, 0.3) is 0 Å². The number of hydrogen-bond acceptors (Lipinski definition) is 1. The molecule has 0 amide bonds. The summed E-state index contributed by atoms with van der Waals surface area (Å²) in [6.07, 6.45) is 27.2. The Balaban J connectivity index is 2.98. The first kappa shape index (κ1) is 24.0. The summed E-state index contributed by atoms with van der Waals surface area (Å²) in [5.41, 5.74) is 0. The van der Waals surface area contributed by atoms with E-state index in [4.69, 9.17) is 4.74 Å². The Labute approximate surface area is 154 Å². The molecule has 1 heteroatoms. The van der Waals surface area contributed by atoms with Gasteiger partial charge in [0.2, 0.25) is 0 Å². The summed E-state index contributed by atoms with van der Waals surface area (Å²) in [5, 5.41) is 0. The summed E-state index contributed by atoms with van der Waals surface area (Å²) in [7, 11) is 1.76. The minimum atomic E-state index is 0.200. The molecule has 0 saturated heterocycles. The van der Waals surface area contributed by atoms with Crippen LogP contribution in [-0.2, 0) is 4.74 Å². The van der Waals surface area contributed by atoms with Crippen LogP contribution in [0.1, 0.15) is 129 Å². The molecular weight excluding hydrogens is 292 g/mol. The predicted molar refractivity (Wildman–Crippen MR) is 110 cm³/mol. The first-order chi connectivity index (χ1) is 11.8. The van der Waals surface area contributed by atoms with Gasteiger partial charge in [-0.3, -0.25) is 0 Å². The summed E-state index contributed by atoms with van der Waals surface area (Å²) in [6, 6.07) is 0. The minimum Gasteiger partial charge on any atom is -0.381 e. The van der Waals surface area contributed by atoms with Crippen LogP contribution in [0.15, 0.2) is 0 Å². The second-order valence-corrected chi connectivity index (χ2v) is 7.66. The second kappa shape index (κ2) is 21.0. The highest BCUT2D eigenvalue weighted by Crippen LogP contribution is 2.14. The fourth-order valence-corrected chi connectivity index (χ4v) is 3.39. The van der Waals surface area contributed by atoms with Gasteiger partial charge in [-0.25, -0.2) is 0 Å². The number of rotatable bonds is 20. The van der Waals surface area contributed by atoms with E-state index in [0.29, 0.717) is 0 Å². The molecule has 145 valence electrons. The lowest BCUT2D eigenvalue weighted by Gasteiger charge is -2.08. The zero-order chi connectivity index (χ0) is 17.7. The van der Waals surface area contributed by atoms with Crippen molar-refractivity contribution < 1.29 is 4.74 Å². The van der Waals surface area contributed by atoms with Crippen molar-refractivity contribution in [2.75, 3.05) is 7.11 Å². The maximum absolute atomic E-state index is 5.17. The highest BCUT2D eigenvalue weighted by Gasteiger charge is 1.99. The molecule has 0 heterocycles. The maximum Gasteiger partial charge on any atom is 0.0572 e. The molecule has 0 aromatic carbocycles. The molecule has 0 rings (SSSR count).